The van der Waals surface area contributed by atoms with Gasteiger partial charge in [0, 0.05) is 6.42 Å². The van der Waals surface area contributed by atoms with Crippen molar-refractivity contribution in [3.05, 3.63) is 12.7 Å². The summed E-state index contributed by atoms with van der Waals surface area (Å²) in [6, 6.07) is 0. The summed E-state index contributed by atoms with van der Waals surface area (Å²) in [6.45, 7) is 5.47. The van der Waals surface area contributed by atoms with E-state index in [0.717, 1.165) is 0 Å². The SMILES string of the molecule is C1CCCCC1.C=CCOC(=O)CC. The molecule has 82 valence electrons. The summed E-state index contributed by atoms with van der Waals surface area (Å²) < 4.78 is 4.58. The van der Waals surface area contributed by atoms with Crippen LogP contribution in [0.25, 0.3) is 0 Å². The molecule has 1 saturated carbocycles. The molecule has 1 aliphatic carbocycles. The predicted octanol–water partition coefficient (Wildman–Crippen LogP) is 3.47. The molecule has 0 aromatic rings. The monoisotopic (exact) mass is 198 g/mol. The van der Waals surface area contributed by atoms with E-state index in [9.17, 15) is 4.79 Å². The fraction of sp³-hybridized carbons (Fsp3) is 0.750. The Labute approximate surface area is 87.3 Å². The van der Waals surface area contributed by atoms with Crippen molar-refractivity contribution in [1.29, 1.82) is 0 Å². The second-order valence-electron chi connectivity index (χ2n) is 3.45. The fourth-order valence-corrected chi connectivity index (χ4v) is 1.31. The first-order chi connectivity index (χ1) is 6.81. The van der Waals surface area contributed by atoms with Crippen LogP contribution in [-0.4, -0.2) is 12.6 Å². The second-order valence-corrected chi connectivity index (χ2v) is 3.45. The Kier molecular flexibility index (Phi) is 9.71. The molecule has 0 unspecified atom stereocenters. The first kappa shape index (κ1) is 13.2. The van der Waals surface area contributed by atoms with Crippen molar-refractivity contribution in [3.8, 4) is 0 Å². The predicted molar refractivity (Wildman–Crippen MR) is 59.1 cm³/mol. The molecule has 0 aliphatic heterocycles. The summed E-state index contributed by atoms with van der Waals surface area (Å²) >= 11 is 0. The van der Waals surface area contributed by atoms with Gasteiger partial charge in [-0.2, -0.15) is 0 Å². The van der Waals surface area contributed by atoms with Crippen molar-refractivity contribution >= 4 is 5.97 Å². The minimum absolute atomic E-state index is 0.176. The molecule has 14 heavy (non-hydrogen) atoms. The molecule has 0 atom stereocenters. The van der Waals surface area contributed by atoms with Gasteiger partial charge in [-0.05, 0) is 0 Å². The number of carbonyl (C=O) groups excluding carboxylic acids is 1. The van der Waals surface area contributed by atoms with Crippen LogP contribution in [0.4, 0.5) is 0 Å². The highest BCUT2D eigenvalue weighted by Gasteiger charge is 1.95. The Bertz CT molecular complexity index is 137. The Balaban J connectivity index is 0.000000249. The van der Waals surface area contributed by atoms with E-state index >= 15 is 0 Å². The van der Waals surface area contributed by atoms with Gasteiger partial charge in [-0.15, -0.1) is 0 Å². The van der Waals surface area contributed by atoms with E-state index in [0.29, 0.717) is 13.0 Å². The molecule has 1 aliphatic rings. The Hall–Kier alpha value is -0.790. The largest absolute Gasteiger partial charge is 0.461 e. The Morgan fingerprint density at radius 2 is 1.64 bits per heavy atom. The van der Waals surface area contributed by atoms with Gasteiger partial charge in [-0.1, -0.05) is 58.1 Å². The molecule has 0 aromatic carbocycles. The number of hydrogen-bond acceptors (Lipinski definition) is 2. The van der Waals surface area contributed by atoms with Gasteiger partial charge in [-0.25, -0.2) is 0 Å². The molecule has 2 nitrogen and oxygen atoms in total. The summed E-state index contributed by atoms with van der Waals surface area (Å²) in [6.07, 6.45) is 11.0. The molecule has 1 rings (SSSR count). The lowest BCUT2D eigenvalue weighted by molar-refractivity contribution is -0.141. The van der Waals surface area contributed by atoms with Crippen LogP contribution >= 0.6 is 0 Å². The summed E-state index contributed by atoms with van der Waals surface area (Å²) in [5.74, 6) is -0.176. The standard InChI is InChI=1S/C6H10O2.C6H12/c1-3-5-8-6(7)4-2;1-2-4-6-5-3-1/h3H,1,4-5H2,2H3;1-6H2. The molecule has 0 saturated heterocycles. The van der Waals surface area contributed by atoms with Crippen LogP contribution in [-0.2, 0) is 9.53 Å². The molecule has 1 fully saturated rings. The van der Waals surface area contributed by atoms with Gasteiger partial charge >= 0.3 is 5.97 Å². The second kappa shape index (κ2) is 10.3. The number of rotatable bonds is 3. The zero-order valence-electron chi connectivity index (χ0n) is 9.26. The molecular weight excluding hydrogens is 176 g/mol. The highest BCUT2D eigenvalue weighted by atomic mass is 16.5. The van der Waals surface area contributed by atoms with Crippen LogP contribution in [0.5, 0.6) is 0 Å². The number of hydrogen-bond donors (Lipinski definition) is 0. The summed E-state index contributed by atoms with van der Waals surface area (Å²) in [5, 5.41) is 0. The molecule has 0 spiro atoms. The maximum atomic E-state index is 10.3. The molecule has 0 N–H and O–H groups in total. The van der Waals surface area contributed by atoms with E-state index in [1.54, 1.807) is 13.0 Å². The van der Waals surface area contributed by atoms with Gasteiger partial charge in [0.2, 0.25) is 0 Å². The van der Waals surface area contributed by atoms with Gasteiger partial charge in [0.1, 0.15) is 6.61 Å². The van der Waals surface area contributed by atoms with Crippen LogP contribution in [0.3, 0.4) is 0 Å². The third kappa shape index (κ3) is 9.30. The summed E-state index contributed by atoms with van der Waals surface area (Å²) in [7, 11) is 0. The summed E-state index contributed by atoms with van der Waals surface area (Å²) in [4.78, 5) is 10.3. The zero-order chi connectivity index (χ0) is 10.6. The van der Waals surface area contributed by atoms with E-state index in [2.05, 4.69) is 11.3 Å². The van der Waals surface area contributed by atoms with Crippen LogP contribution < -0.4 is 0 Å². The molecule has 2 heteroatoms. The third-order valence-corrected chi connectivity index (χ3v) is 2.15. The van der Waals surface area contributed by atoms with Crippen molar-refractivity contribution in [2.75, 3.05) is 6.61 Å². The molecule has 0 amide bonds. The van der Waals surface area contributed by atoms with Crippen LogP contribution in [0.1, 0.15) is 51.9 Å². The van der Waals surface area contributed by atoms with Crippen molar-refractivity contribution in [2.24, 2.45) is 0 Å². The smallest absolute Gasteiger partial charge is 0.305 e. The van der Waals surface area contributed by atoms with Gasteiger partial charge in [-0.3, -0.25) is 4.79 Å². The molecule has 0 heterocycles. The van der Waals surface area contributed by atoms with Crippen LogP contribution in [0, 0.1) is 0 Å². The van der Waals surface area contributed by atoms with Crippen molar-refractivity contribution < 1.29 is 9.53 Å². The first-order valence-corrected chi connectivity index (χ1v) is 5.57. The third-order valence-electron chi connectivity index (χ3n) is 2.15. The Morgan fingerprint density at radius 1 is 1.21 bits per heavy atom. The highest BCUT2D eigenvalue weighted by Crippen LogP contribution is 2.15. The van der Waals surface area contributed by atoms with E-state index < -0.39 is 0 Å². The van der Waals surface area contributed by atoms with Crippen LogP contribution in [0.2, 0.25) is 0 Å². The molecule has 0 radical (unpaired) electrons. The fourth-order valence-electron chi connectivity index (χ4n) is 1.31. The number of ether oxygens (including phenoxy) is 1. The van der Waals surface area contributed by atoms with Crippen molar-refractivity contribution in [3.63, 3.8) is 0 Å². The highest BCUT2D eigenvalue weighted by molar-refractivity contribution is 5.68. The van der Waals surface area contributed by atoms with E-state index in [-0.39, 0.29) is 5.97 Å². The molecule has 0 bridgehead atoms. The van der Waals surface area contributed by atoms with Crippen LogP contribution in [0.15, 0.2) is 12.7 Å². The zero-order valence-corrected chi connectivity index (χ0v) is 9.26. The van der Waals surface area contributed by atoms with E-state index in [4.69, 9.17) is 0 Å². The maximum Gasteiger partial charge on any atom is 0.305 e. The van der Waals surface area contributed by atoms with E-state index in [1.165, 1.54) is 38.5 Å². The molecular formula is C12H22O2. The minimum atomic E-state index is -0.176. The number of carbonyl (C=O) groups is 1. The molecule has 0 aromatic heterocycles. The quantitative estimate of drug-likeness (QED) is 0.512. The average molecular weight is 198 g/mol. The van der Waals surface area contributed by atoms with Gasteiger partial charge in [0.25, 0.3) is 0 Å². The normalized spacial score (nSPS) is 14.9. The van der Waals surface area contributed by atoms with Gasteiger partial charge in [0.15, 0.2) is 0 Å². The lowest BCUT2D eigenvalue weighted by Crippen LogP contribution is -2.00. The van der Waals surface area contributed by atoms with Gasteiger partial charge < -0.3 is 4.74 Å². The summed E-state index contributed by atoms with van der Waals surface area (Å²) in [5.41, 5.74) is 0. The van der Waals surface area contributed by atoms with Crippen molar-refractivity contribution in [2.45, 2.75) is 51.9 Å². The minimum Gasteiger partial charge on any atom is -0.461 e. The first-order valence-electron chi connectivity index (χ1n) is 5.57. The Morgan fingerprint density at radius 3 is 1.93 bits per heavy atom. The van der Waals surface area contributed by atoms with Gasteiger partial charge in [0.05, 0.1) is 0 Å². The van der Waals surface area contributed by atoms with Crippen molar-refractivity contribution in [1.82, 2.24) is 0 Å². The average Bonchev–Trinajstić information content (AvgIpc) is 2.29. The van der Waals surface area contributed by atoms with E-state index in [1.807, 2.05) is 0 Å². The lowest BCUT2D eigenvalue weighted by atomic mass is 10.0. The lowest BCUT2D eigenvalue weighted by Gasteiger charge is -2.05. The maximum absolute atomic E-state index is 10.3. The number of esters is 1. The topological polar surface area (TPSA) is 26.3 Å².